The van der Waals surface area contributed by atoms with Crippen LogP contribution in [0.1, 0.15) is 16.7 Å². The molecule has 0 saturated carbocycles. The quantitative estimate of drug-likeness (QED) is 0.894. The minimum Gasteiger partial charge on any atom is -0.493 e. The molecule has 0 bridgehead atoms. The molecule has 1 aliphatic heterocycles. The Morgan fingerprint density at radius 3 is 3.10 bits per heavy atom. The van der Waals surface area contributed by atoms with Crippen molar-refractivity contribution in [2.24, 2.45) is 0 Å². The van der Waals surface area contributed by atoms with Crippen molar-refractivity contribution in [3.63, 3.8) is 0 Å². The summed E-state index contributed by atoms with van der Waals surface area (Å²) in [6.07, 6.45) is 2.45. The standard InChI is InChI=1S/C15H13BrN4O/c16-12-3-9-1-2-21-14(9)11(4-12)7-19-15-10(6-17)5-13(18)8-20-15/h3-5,8H,1-2,7,18H2,(H,19,20). The molecule has 0 atom stereocenters. The number of aromatic nitrogens is 1. The molecular weight excluding hydrogens is 332 g/mol. The molecule has 21 heavy (non-hydrogen) atoms. The summed E-state index contributed by atoms with van der Waals surface area (Å²) in [5.74, 6) is 1.46. The topological polar surface area (TPSA) is 84.0 Å². The number of fused-ring (bicyclic) bond motifs is 1. The average molecular weight is 345 g/mol. The number of rotatable bonds is 3. The van der Waals surface area contributed by atoms with Gasteiger partial charge in [-0.25, -0.2) is 4.98 Å². The summed E-state index contributed by atoms with van der Waals surface area (Å²) >= 11 is 3.51. The van der Waals surface area contributed by atoms with E-state index in [-0.39, 0.29) is 0 Å². The minimum atomic E-state index is 0.433. The van der Waals surface area contributed by atoms with Crippen LogP contribution in [0.2, 0.25) is 0 Å². The first-order chi connectivity index (χ1) is 10.2. The number of nitrogen functional groups attached to an aromatic ring is 1. The van der Waals surface area contributed by atoms with Gasteiger partial charge in [0.05, 0.1) is 24.1 Å². The van der Waals surface area contributed by atoms with Gasteiger partial charge in [-0.2, -0.15) is 5.26 Å². The fourth-order valence-corrected chi connectivity index (χ4v) is 2.92. The van der Waals surface area contributed by atoms with Crippen LogP contribution in [-0.4, -0.2) is 11.6 Å². The van der Waals surface area contributed by atoms with Gasteiger partial charge in [-0.05, 0) is 23.8 Å². The van der Waals surface area contributed by atoms with Gasteiger partial charge < -0.3 is 15.8 Å². The maximum atomic E-state index is 9.12. The molecular formula is C15H13BrN4O. The van der Waals surface area contributed by atoms with Crippen LogP contribution >= 0.6 is 15.9 Å². The first kappa shape index (κ1) is 13.7. The van der Waals surface area contributed by atoms with Crippen LogP contribution in [0.25, 0.3) is 0 Å². The Morgan fingerprint density at radius 2 is 2.29 bits per heavy atom. The van der Waals surface area contributed by atoms with E-state index < -0.39 is 0 Å². The summed E-state index contributed by atoms with van der Waals surface area (Å²) in [6, 6.07) is 7.79. The van der Waals surface area contributed by atoms with Crippen molar-refractivity contribution in [2.75, 3.05) is 17.7 Å². The van der Waals surface area contributed by atoms with Gasteiger partial charge in [0.2, 0.25) is 0 Å². The number of pyridine rings is 1. The number of hydrogen-bond donors (Lipinski definition) is 2. The Kier molecular flexibility index (Phi) is 3.67. The number of halogens is 1. The van der Waals surface area contributed by atoms with Crippen molar-refractivity contribution < 1.29 is 4.74 Å². The third-order valence-electron chi connectivity index (χ3n) is 3.30. The number of benzene rings is 1. The van der Waals surface area contributed by atoms with Crippen LogP contribution < -0.4 is 15.8 Å². The Labute approximate surface area is 130 Å². The van der Waals surface area contributed by atoms with Gasteiger partial charge in [-0.15, -0.1) is 0 Å². The summed E-state index contributed by atoms with van der Waals surface area (Å²) in [4.78, 5) is 4.17. The van der Waals surface area contributed by atoms with E-state index in [1.165, 1.54) is 11.8 Å². The van der Waals surface area contributed by atoms with Gasteiger partial charge in [0.1, 0.15) is 17.6 Å². The predicted molar refractivity (Wildman–Crippen MR) is 84.0 cm³/mol. The first-order valence-corrected chi connectivity index (χ1v) is 7.30. The van der Waals surface area contributed by atoms with E-state index in [2.05, 4.69) is 38.4 Å². The molecule has 0 radical (unpaired) electrons. The summed E-state index contributed by atoms with van der Waals surface area (Å²) in [5.41, 5.74) is 8.79. The van der Waals surface area contributed by atoms with Crippen molar-refractivity contribution in [3.05, 3.63) is 45.6 Å². The lowest BCUT2D eigenvalue weighted by atomic mass is 10.1. The molecule has 0 spiro atoms. The molecule has 0 fully saturated rings. The highest BCUT2D eigenvalue weighted by atomic mass is 79.9. The number of nitriles is 1. The fraction of sp³-hybridized carbons (Fsp3) is 0.200. The molecule has 106 valence electrons. The van der Waals surface area contributed by atoms with E-state index in [1.807, 2.05) is 6.07 Å². The highest BCUT2D eigenvalue weighted by Crippen LogP contribution is 2.33. The Bertz CT molecular complexity index is 739. The van der Waals surface area contributed by atoms with Crippen molar-refractivity contribution in [1.82, 2.24) is 4.98 Å². The van der Waals surface area contributed by atoms with Crippen molar-refractivity contribution >= 4 is 27.4 Å². The van der Waals surface area contributed by atoms with Gasteiger partial charge in [-0.3, -0.25) is 0 Å². The number of nitrogens with zero attached hydrogens (tertiary/aromatic N) is 2. The van der Waals surface area contributed by atoms with E-state index >= 15 is 0 Å². The Balaban J connectivity index is 1.85. The third-order valence-corrected chi connectivity index (χ3v) is 3.76. The molecule has 2 heterocycles. The second-order valence-corrected chi connectivity index (χ2v) is 5.70. The molecule has 0 amide bonds. The lowest BCUT2D eigenvalue weighted by molar-refractivity contribution is 0.354. The summed E-state index contributed by atoms with van der Waals surface area (Å²) in [5, 5.41) is 12.3. The Hall–Kier alpha value is -2.26. The summed E-state index contributed by atoms with van der Waals surface area (Å²) in [7, 11) is 0. The number of nitrogens with two attached hydrogens (primary N) is 1. The van der Waals surface area contributed by atoms with E-state index in [1.54, 1.807) is 6.07 Å². The molecule has 5 nitrogen and oxygen atoms in total. The predicted octanol–water partition coefficient (Wildman–Crippen LogP) is 2.84. The van der Waals surface area contributed by atoms with Crippen molar-refractivity contribution in [1.29, 1.82) is 5.26 Å². The molecule has 1 aromatic carbocycles. The van der Waals surface area contributed by atoms with Gasteiger partial charge in [-0.1, -0.05) is 15.9 Å². The molecule has 0 saturated heterocycles. The number of nitrogens with one attached hydrogen (secondary N) is 1. The maximum absolute atomic E-state index is 9.12. The van der Waals surface area contributed by atoms with Gasteiger partial charge in [0.15, 0.2) is 0 Å². The highest BCUT2D eigenvalue weighted by Gasteiger charge is 2.17. The molecule has 0 aliphatic carbocycles. The minimum absolute atomic E-state index is 0.433. The fourth-order valence-electron chi connectivity index (χ4n) is 2.36. The van der Waals surface area contributed by atoms with E-state index in [0.29, 0.717) is 30.2 Å². The molecule has 0 unspecified atom stereocenters. The van der Waals surface area contributed by atoms with E-state index in [4.69, 9.17) is 15.7 Å². The SMILES string of the molecule is N#Cc1cc(N)cnc1NCc1cc(Br)cc2c1OCC2. The van der Waals surface area contributed by atoms with Gasteiger partial charge in [0.25, 0.3) is 0 Å². The van der Waals surface area contributed by atoms with Crippen LogP contribution in [0.3, 0.4) is 0 Å². The number of anilines is 2. The second-order valence-electron chi connectivity index (χ2n) is 4.78. The zero-order valence-corrected chi connectivity index (χ0v) is 12.8. The molecule has 3 rings (SSSR count). The lowest BCUT2D eigenvalue weighted by Crippen LogP contribution is -2.05. The van der Waals surface area contributed by atoms with Crippen LogP contribution in [0.4, 0.5) is 11.5 Å². The molecule has 6 heteroatoms. The molecule has 1 aliphatic rings. The molecule has 2 aromatic rings. The smallest absolute Gasteiger partial charge is 0.144 e. The van der Waals surface area contributed by atoms with Crippen LogP contribution in [0.15, 0.2) is 28.9 Å². The van der Waals surface area contributed by atoms with Crippen LogP contribution in [-0.2, 0) is 13.0 Å². The van der Waals surface area contributed by atoms with E-state index in [0.717, 1.165) is 22.2 Å². The van der Waals surface area contributed by atoms with E-state index in [9.17, 15) is 0 Å². The van der Waals surface area contributed by atoms with Gasteiger partial charge >= 0.3 is 0 Å². The number of ether oxygens (including phenoxy) is 1. The first-order valence-electron chi connectivity index (χ1n) is 6.51. The monoisotopic (exact) mass is 344 g/mol. The van der Waals surface area contributed by atoms with Crippen molar-refractivity contribution in [3.8, 4) is 11.8 Å². The molecule has 1 aromatic heterocycles. The maximum Gasteiger partial charge on any atom is 0.144 e. The summed E-state index contributed by atoms with van der Waals surface area (Å²) in [6.45, 7) is 1.25. The molecule has 3 N–H and O–H groups in total. The van der Waals surface area contributed by atoms with Crippen LogP contribution in [0.5, 0.6) is 5.75 Å². The number of hydrogen-bond acceptors (Lipinski definition) is 5. The van der Waals surface area contributed by atoms with Crippen LogP contribution in [0, 0.1) is 11.3 Å². The zero-order valence-electron chi connectivity index (χ0n) is 11.2. The summed E-state index contributed by atoms with van der Waals surface area (Å²) < 4.78 is 6.70. The van der Waals surface area contributed by atoms with Gasteiger partial charge in [0, 0.05) is 23.0 Å². The average Bonchev–Trinajstić information content (AvgIpc) is 2.93. The lowest BCUT2D eigenvalue weighted by Gasteiger charge is -2.11. The Morgan fingerprint density at radius 1 is 1.43 bits per heavy atom. The largest absolute Gasteiger partial charge is 0.493 e. The highest BCUT2D eigenvalue weighted by molar-refractivity contribution is 9.10. The third kappa shape index (κ3) is 2.78. The van der Waals surface area contributed by atoms with Crippen molar-refractivity contribution in [2.45, 2.75) is 13.0 Å². The normalized spacial score (nSPS) is 12.4. The zero-order chi connectivity index (χ0) is 14.8. The second kappa shape index (κ2) is 5.62.